The van der Waals surface area contributed by atoms with Gasteiger partial charge in [-0.1, -0.05) is 13.8 Å². The first-order valence-electron chi connectivity index (χ1n) is 7.35. The summed E-state index contributed by atoms with van der Waals surface area (Å²) < 4.78 is 5.47. The molecule has 0 saturated carbocycles. The van der Waals surface area contributed by atoms with Crippen molar-refractivity contribution >= 4 is 17.1 Å². The normalized spacial score (nSPS) is 12.2. The van der Waals surface area contributed by atoms with Crippen LogP contribution in [0.2, 0.25) is 0 Å². The van der Waals surface area contributed by atoms with Crippen LogP contribution in [0.5, 0.6) is 0 Å². The van der Waals surface area contributed by atoms with Gasteiger partial charge in [-0.2, -0.15) is 0 Å². The summed E-state index contributed by atoms with van der Waals surface area (Å²) >= 11 is 0. The van der Waals surface area contributed by atoms with Crippen molar-refractivity contribution in [2.24, 2.45) is 5.92 Å². The average Bonchev–Trinajstić information content (AvgIpc) is 2.43. The molecule has 0 saturated heterocycles. The highest BCUT2D eigenvalue weighted by atomic mass is 16.6. The number of nitrogens with zero attached hydrogens (tertiary/aromatic N) is 1. The van der Waals surface area contributed by atoms with Gasteiger partial charge in [-0.3, -0.25) is 10.1 Å². The standard InChI is InChI=1S/C15H25N3O3/c1-5-16-12-7-13(9-14(8-12)18(19)20)17-15(11(3)4)10-21-6-2/h7-9,11,15-17H,5-6,10H2,1-4H3. The van der Waals surface area contributed by atoms with Crippen LogP contribution in [0.15, 0.2) is 18.2 Å². The van der Waals surface area contributed by atoms with E-state index in [1.54, 1.807) is 12.1 Å². The van der Waals surface area contributed by atoms with Crippen LogP contribution >= 0.6 is 0 Å². The number of anilines is 2. The Morgan fingerprint density at radius 3 is 2.43 bits per heavy atom. The summed E-state index contributed by atoms with van der Waals surface area (Å²) in [6.45, 7) is 10.0. The van der Waals surface area contributed by atoms with Crippen LogP contribution in [0.3, 0.4) is 0 Å². The Morgan fingerprint density at radius 1 is 1.24 bits per heavy atom. The lowest BCUT2D eigenvalue weighted by atomic mass is 10.0. The second-order valence-electron chi connectivity index (χ2n) is 5.21. The van der Waals surface area contributed by atoms with E-state index in [0.29, 0.717) is 25.7 Å². The molecule has 1 rings (SSSR count). The molecule has 21 heavy (non-hydrogen) atoms. The minimum atomic E-state index is -0.376. The zero-order chi connectivity index (χ0) is 15.8. The van der Waals surface area contributed by atoms with E-state index in [0.717, 1.165) is 11.4 Å². The molecule has 0 amide bonds. The summed E-state index contributed by atoms with van der Waals surface area (Å²) in [5.74, 6) is 0.360. The molecule has 0 radical (unpaired) electrons. The largest absolute Gasteiger partial charge is 0.385 e. The number of hydrogen-bond acceptors (Lipinski definition) is 5. The van der Waals surface area contributed by atoms with Crippen molar-refractivity contribution in [2.75, 3.05) is 30.4 Å². The molecule has 1 aromatic rings. The van der Waals surface area contributed by atoms with Crippen LogP contribution in [-0.2, 0) is 4.74 Å². The van der Waals surface area contributed by atoms with E-state index in [1.165, 1.54) is 0 Å². The van der Waals surface area contributed by atoms with Gasteiger partial charge in [0.2, 0.25) is 0 Å². The zero-order valence-corrected chi connectivity index (χ0v) is 13.2. The second kappa shape index (κ2) is 8.46. The Bertz CT molecular complexity index is 463. The summed E-state index contributed by atoms with van der Waals surface area (Å²) in [6.07, 6.45) is 0. The maximum absolute atomic E-state index is 11.0. The Balaban J connectivity index is 2.95. The number of nitro benzene ring substituents is 1. The molecule has 6 heteroatoms. The van der Waals surface area contributed by atoms with Crippen molar-refractivity contribution in [1.29, 1.82) is 0 Å². The summed E-state index contributed by atoms with van der Waals surface area (Å²) in [5, 5.41) is 17.5. The molecule has 1 unspecified atom stereocenters. The Hall–Kier alpha value is -1.82. The zero-order valence-electron chi connectivity index (χ0n) is 13.2. The van der Waals surface area contributed by atoms with Crippen LogP contribution in [0.25, 0.3) is 0 Å². The van der Waals surface area contributed by atoms with Gasteiger partial charge in [0.25, 0.3) is 5.69 Å². The molecule has 0 bridgehead atoms. The van der Waals surface area contributed by atoms with Crippen molar-refractivity contribution in [3.8, 4) is 0 Å². The molecule has 0 fully saturated rings. The maximum atomic E-state index is 11.0. The van der Waals surface area contributed by atoms with E-state index >= 15 is 0 Å². The van der Waals surface area contributed by atoms with Crippen molar-refractivity contribution in [3.63, 3.8) is 0 Å². The molecule has 2 N–H and O–H groups in total. The van der Waals surface area contributed by atoms with Gasteiger partial charge in [0.1, 0.15) is 0 Å². The predicted octanol–water partition coefficient (Wildman–Crippen LogP) is 3.50. The van der Waals surface area contributed by atoms with Gasteiger partial charge in [0.05, 0.1) is 17.6 Å². The summed E-state index contributed by atoms with van der Waals surface area (Å²) in [5.41, 5.74) is 1.56. The van der Waals surface area contributed by atoms with Gasteiger partial charge in [-0.25, -0.2) is 0 Å². The number of hydrogen-bond donors (Lipinski definition) is 2. The van der Waals surface area contributed by atoms with E-state index < -0.39 is 0 Å². The third-order valence-corrected chi connectivity index (χ3v) is 3.17. The SMILES string of the molecule is CCNc1cc(NC(COCC)C(C)C)cc([N+](=O)[O-])c1. The molecule has 0 aromatic heterocycles. The topological polar surface area (TPSA) is 76.4 Å². The van der Waals surface area contributed by atoms with Crippen molar-refractivity contribution in [3.05, 3.63) is 28.3 Å². The molecule has 0 heterocycles. The van der Waals surface area contributed by atoms with Crippen LogP contribution in [0, 0.1) is 16.0 Å². The van der Waals surface area contributed by atoms with Gasteiger partial charge in [0, 0.05) is 36.7 Å². The Labute approximate surface area is 126 Å². The highest BCUT2D eigenvalue weighted by Crippen LogP contribution is 2.25. The fourth-order valence-corrected chi connectivity index (χ4v) is 1.97. The fraction of sp³-hybridized carbons (Fsp3) is 0.600. The number of non-ortho nitro benzene ring substituents is 1. The first-order chi connectivity index (χ1) is 9.97. The maximum Gasteiger partial charge on any atom is 0.273 e. The van der Waals surface area contributed by atoms with Crippen LogP contribution in [0.4, 0.5) is 17.1 Å². The van der Waals surface area contributed by atoms with E-state index in [2.05, 4.69) is 24.5 Å². The quantitative estimate of drug-likeness (QED) is 0.538. The summed E-state index contributed by atoms with van der Waals surface area (Å²) in [6, 6.07) is 5.10. The van der Waals surface area contributed by atoms with E-state index in [4.69, 9.17) is 4.74 Å². The van der Waals surface area contributed by atoms with Crippen LogP contribution in [-0.4, -0.2) is 30.7 Å². The monoisotopic (exact) mass is 295 g/mol. The molecule has 0 aliphatic heterocycles. The van der Waals surface area contributed by atoms with E-state index in [1.807, 2.05) is 19.9 Å². The lowest BCUT2D eigenvalue weighted by Gasteiger charge is -2.23. The highest BCUT2D eigenvalue weighted by molar-refractivity contribution is 5.63. The number of benzene rings is 1. The van der Waals surface area contributed by atoms with E-state index in [9.17, 15) is 10.1 Å². The minimum absolute atomic E-state index is 0.0786. The van der Waals surface area contributed by atoms with Crippen LogP contribution < -0.4 is 10.6 Å². The number of rotatable bonds is 9. The predicted molar refractivity (Wildman–Crippen MR) is 86.0 cm³/mol. The molecule has 1 aromatic carbocycles. The fourth-order valence-electron chi connectivity index (χ4n) is 1.97. The molecule has 0 aliphatic carbocycles. The van der Waals surface area contributed by atoms with Crippen molar-refractivity contribution in [2.45, 2.75) is 33.7 Å². The molecule has 118 valence electrons. The van der Waals surface area contributed by atoms with Gasteiger partial charge < -0.3 is 15.4 Å². The molecular weight excluding hydrogens is 270 g/mol. The number of nitrogens with one attached hydrogen (secondary N) is 2. The van der Waals surface area contributed by atoms with E-state index in [-0.39, 0.29) is 16.7 Å². The Kier molecular flexibility index (Phi) is 6.94. The van der Waals surface area contributed by atoms with Crippen molar-refractivity contribution in [1.82, 2.24) is 0 Å². The minimum Gasteiger partial charge on any atom is -0.385 e. The number of nitro groups is 1. The third kappa shape index (κ3) is 5.59. The summed E-state index contributed by atoms with van der Waals surface area (Å²) in [7, 11) is 0. The molecular formula is C15H25N3O3. The molecule has 6 nitrogen and oxygen atoms in total. The van der Waals surface area contributed by atoms with Gasteiger partial charge in [0.15, 0.2) is 0 Å². The van der Waals surface area contributed by atoms with Gasteiger partial charge >= 0.3 is 0 Å². The highest BCUT2D eigenvalue weighted by Gasteiger charge is 2.16. The molecule has 0 aliphatic rings. The smallest absolute Gasteiger partial charge is 0.273 e. The summed E-state index contributed by atoms with van der Waals surface area (Å²) in [4.78, 5) is 10.7. The lowest BCUT2D eigenvalue weighted by Crippen LogP contribution is -2.31. The second-order valence-corrected chi connectivity index (χ2v) is 5.21. The first-order valence-corrected chi connectivity index (χ1v) is 7.35. The van der Waals surface area contributed by atoms with Gasteiger partial charge in [-0.15, -0.1) is 0 Å². The van der Waals surface area contributed by atoms with Crippen molar-refractivity contribution < 1.29 is 9.66 Å². The molecule has 1 atom stereocenters. The lowest BCUT2D eigenvalue weighted by molar-refractivity contribution is -0.384. The Morgan fingerprint density at radius 2 is 1.90 bits per heavy atom. The first kappa shape index (κ1) is 17.2. The third-order valence-electron chi connectivity index (χ3n) is 3.17. The molecule has 0 spiro atoms. The average molecular weight is 295 g/mol. The van der Waals surface area contributed by atoms with Crippen LogP contribution in [0.1, 0.15) is 27.7 Å². The number of ether oxygens (including phenoxy) is 1. The van der Waals surface area contributed by atoms with Gasteiger partial charge in [-0.05, 0) is 25.8 Å².